The third kappa shape index (κ3) is 2.11. The summed E-state index contributed by atoms with van der Waals surface area (Å²) in [5.74, 6) is 1.40. The van der Waals surface area contributed by atoms with Crippen LogP contribution < -0.4 is 5.73 Å². The average molecular weight is 216 g/mol. The SMILES string of the molecule is CC(C)CN=C(N)C1(c2ccccc2)CC1. The molecule has 1 fully saturated rings. The van der Waals surface area contributed by atoms with Gasteiger partial charge in [0.05, 0.1) is 5.41 Å². The highest BCUT2D eigenvalue weighted by atomic mass is 14.9. The lowest BCUT2D eigenvalue weighted by Crippen LogP contribution is -2.29. The molecule has 0 aromatic heterocycles. The van der Waals surface area contributed by atoms with E-state index in [1.54, 1.807) is 0 Å². The zero-order valence-corrected chi connectivity index (χ0v) is 10.1. The Hall–Kier alpha value is -1.31. The van der Waals surface area contributed by atoms with Crippen molar-refractivity contribution < 1.29 is 0 Å². The monoisotopic (exact) mass is 216 g/mol. The van der Waals surface area contributed by atoms with Gasteiger partial charge in [-0.3, -0.25) is 4.99 Å². The predicted molar refractivity (Wildman–Crippen MR) is 68.7 cm³/mol. The molecule has 0 atom stereocenters. The van der Waals surface area contributed by atoms with E-state index in [1.165, 1.54) is 5.56 Å². The number of nitrogens with two attached hydrogens (primary N) is 1. The molecule has 0 bridgehead atoms. The summed E-state index contributed by atoms with van der Waals surface area (Å²) in [7, 11) is 0. The quantitative estimate of drug-likeness (QED) is 0.610. The van der Waals surface area contributed by atoms with E-state index < -0.39 is 0 Å². The van der Waals surface area contributed by atoms with Gasteiger partial charge in [0.15, 0.2) is 0 Å². The van der Waals surface area contributed by atoms with Gasteiger partial charge >= 0.3 is 0 Å². The number of rotatable bonds is 4. The molecule has 16 heavy (non-hydrogen) atoms. The van der Waals surface area contributed by atoms with Gasteiger partial charge in [-0.25, -0.2) is 0 Å². The van der Waals surface area contributed by atoms with Crippen LogP contribution in [0.4, 0.5) is 0 Å². The third-order valence-electron chi connectivity index (χ3n) is 3.19. The number of hydrogen-bond acceptors (Lipinski definition) is 1. The summed E-state index contributed by atoms with van der Waals surface area (Å²) < 4.78 is 0. The first-order chi connectivity index (χ1) is 7.65. The van der Waals surface area contributed by atoms with Crippen molar-refractivity contribution in [2.24, 2.45) is 16.6 Å². The van der Waals surface area contributed by atoms with E-state index in [1.807, 2.05) is 6.07 Å². The zero-order chi connectivity index (χ0) is 11.6. The lowest BCUT2D eigenvalue weighted by molar-refractivity contribution is 0.661. The highest BCUT2D eigenvalue weighted by Gasteiger charge is 2.47. The van der Waals surface area contributed by atoms with Crippen LogP contribution in [0.3, 0.4) is 0 Å². The van der Waals surface area contributed by atoms with Crippen molar-refractivity contribution in [3.63, 3.8) is 0 Å². The molecular formula is C14H20N2. The fourth-order valence-electron chi connectivity index (χ4n) is 2.01. The van der Waals surface area contributed by atoms with E-state index in [4.69, 9.17) is 5.73 Å². The summed E-state index contributed by atoms with van der Waals surface area (Å²) in [5.41, 5.74) is 7.53. The van der Waals surface area contributed by atoms with Crippen LogP contribution in [0.1, 0.15) is 32.3 Å². The van der Waals surface area contributed by atoms with Crippen LogP contribution in [0, 0.1) is 5.92 Å². The van der Waals surface area contributed by atoms with Crippen LogP contribution in [-0.4, -0.2) is 12.4 Å². The Kier molecular flexibility index (Phi) is 2.99. The van der Waals surface area contributed by atoms with E-state index >= 15 is 0 Å². The van der Waals surface area contributed by atoms with Gasteiger partial charge in [-0.2, -0.15) is 0 Å². The average Bonchev–Trinajstić information content (AvgIpc) is 3.08. The maximum atomic E-state index is 6.14. The van der Waals surface area contributed by atoms with Crippen molar-refractivity contribution >= 4 is 5.84 Å². The highest BCUT2D eigenvalue weighted by molar-refractivity contribution is 5.94. The molecule has 0 saturated heterocycles. The molecule has 2 nitrogen and oxygen atoms in total. The summed E-state index contributed by atoms with van der Waals surface area (Å²) in [4.78, 5) is 4.53. The van der Waals surface area contributed by atoms with Gasteiger partial charge in [0.25, 0.3) is 0 Å². The lowest BCUT2D eigenvalue weighted by atomic mass is 9.95. The molecule has 0 spiro atoms. The Labute approximate surface area is 97.6 Å². The van der Waals surface area contributed by atoms with Crippen LogP contribution in [0.2, 0.25) is 0 Å². The van der Waals surface area contributed by atoms with Crippen molar-refractivity contribution in [2.75, 3.05) is 6.54 Å². The molecule has 1 saturated carbocycles. The Morgan fingerprint density at radius 2 is 1.94 bits per heavy atom. The first-order valence-corrected chi connectivity index (χ1v) is 6.01. The van der Waals surface area contributed by atoms with Crippen LogP contribution in [0.25, 0.3) is 0 Å². The maximum absolute atomic E-state index is 6.14. The van der Waals surface area contributed by atoms with E-state index in [2.05, 4.69) is 43.1 Å². The molecule has 0 aliphatic heterocycles. The summed E-state index contributed by atoms with van der Waals surface area (Å²) in [5, 5.41) is 0. The van der Waals surface area contributed by atoms with Gasteiger partial charge in [0, 0.05) is 6.54 Å². The molecule has 1 aromatic carbocycles. The molecule has 1 aliphatic rings. The second-order valence-corrected chi connectivity index (χ2v) is 5.07. The molecule has 1 aliphatic carbocycles. The van der Waals surface area contributed by atoms with E-state index in [9.17, 15) is 0 Å². The van der Waals surface area contributed by atoms with Gasteiger partial charge in [-0.05, 0) is 24.3 Å². The second-order valence-electron chi connectivity index (χ2n) is 5.07. The summed E-state index contributed by atoms with van der Waals surface area (Å²) in [6, 6.07) is 10.5. The minimum absolute atomic E-state index is 0.0656. The largest absolute Gasteiger partial charge is 0.387 e. The molecular weight excluding hydrogens is 196 g/mol. The van der Waals surface area contributed by atoms with Crippen LogP contribution in [0.15, 0.2) is 35.3 Å². The van der Waals surface area contributed by atoms with Crippen molar-refractivity contribution in [3.05, 3.63) is 35.9 Å². The Balaban J connectivity index is 2.17. The molecule has 0 unspecified atom stereocenters. The fraction of sp³-hybridized carbons (Fsp3) is 0.500. The van der Waals surface area contributed by atoms with Crippen LogP contribution in [0.5, 0.6) is 0 Å². The standard InChI is InChI=1S/C14H20N2/c1-11(2)10-16-13(15)14(8-9-14)12-6-4-3-5-7-12/h3-7,11H,8-10H2,1-2H3,(H2,15,16). The fourth-order valence-corrected chi connectivity index (χ4v) is 2.01. The van der Waals surface area contributed by atoms with E-state index in [-0.39, 0.29) is 5.41 Å². The van der Waals surface area contributed by atoms with E-state index in [0.29, 0.717) is 5.92 Å². The third-order valence-corrected chi connectivity index (χ3v) is 3.19. The smallest absolute Gasteiger partial charge is 0.104 e. The van der Waals surface area contributed by atoms with Crippen molar-refractivity contribution in [2.45, 2.75) is 32.1 Å². The number of benzene rings is 1. The predicted octanol–water partition coefficient (Wildman–Crippen LogP) is 2.73. The molecule has 2 rings (SSSR count). The Bertz CT molecular complexity index is 375. The van der Waals surface area contributed by atoms with Gasteiger partial charge in [0.1, 0.15) is 5.84 Å². The number of hydrogen-bond donors (Lipinski definition) is 1. The van der Waals surface area contributed by atoms with Crippen molar-refractivity contribution in [1.82, 2.24) is 0 Å². The van der Waals surface area contributed by atoms with Crippen LogP contribution in [-0.2, 0) is 5.41 Å². The molecule has 86 valence electrons. The van der Waals surface area contributed by atoms with Gasteiger partial charge in [-0.15, -0.1) is 0 Å². The molecule has 2 N–H and O–H groups in total. The van der Waals surface area contributed by atoms with E-state index in [0.717, 1.165) is 25.2 Å². The minimum atomic E-state index is 0.0656. The molecule has 1 aromatic rings. The first kappa shape index (κ1) is 11.2. The van der Waals surface area contributed by atoms with Gasteiger partial charge in [0.2, 0.25) is 0 Å². The zero-order valence-electron chi connectivity index (χ0n) is 10.1. The second kappa shape index (κ2) is 4.28. The lowest BCUT2D eigenvalue weighted by Gasteiger charge is -2.15. The summed E-state index contributed by atoms with van der Waals surface area (Å²) in [6.07, 6.45) is 2.29. The topological polar surface area (TPSA) is 38.4 Å². The number of amidine groups is 1. The minimum Gasteiger partial charge on any atom is -0.387 e. The van der Waals surface area contributed by atoms with Crippen molar-refractivity contribution in [3.8, 4) is 0 Å². The van der Waals surface area contributed by atoms with Crippen molar-refractivity contribution in [1.29, 1.82) is 0 Å². The molecule has 0 heterocycles. The first-order valence-electron chi connectivity index (χ1n) is 6.01. The Morgan fingerprint density at radius 1 is 1.31 bits per heavy atom. The number of aliphatic imine (C=N–C) groups is 1. The maximum Gasteiger partial charge on any atom is 0.104 e. The summed E-state index contributed by atoms with van der Waals surface area (Å²) >= 11 is 0. The van der Waals surface area contributed by atoms with Gasteiger partial charge in [-0.1, -0.05) is 44.2 Å². The molecule has 0 amide bonds. The Morgan fingerprint density at radius 3 is 2.44 bits per heavy atom. The summed E-state index contributed by atoms with van der Waals surface area (Å²) in [6.45, 7) is 5.16. The van der Waals surface area contributed by atoms with Gasteiger partial charge < -0.3 is 5.73 Å². The molecule has 2 heteroatoms. The number of nitrogens with zero attached hydrogens (tertiary/aromatic N) is 1. The normalized spacial score (nSPS) is 18.8. The highest BCUT2D eigenvalue weighted by Crippen LogP contribution is 2.48. The molecule has 0 radical (unpaired) electrons. The van der Waals surface area contributed by atoms with Crippen LogP contribution >= 0.6 is 0 Å².